The summed E-state index contributed by atoms with van der Waals surface area (Å²) in [4.78, 5) is 2.54. The molecule has 3 saturated carbocycles. The summed E-state index contributed by atoms with van der Waals surface area (Å²) in [7, 11) is 0. The van der Waals surface area contributed by atoms with E-state index in [0.29, 0.717) is 5.41 Å². The number of allylic oxidation sites excluding steroid dienone is 3. The highest BCUT2D eigenvalue weighted by Gasteiger charge is 2.48. The zero-order chi connectivity index (χ0) is 22.1. The number of aliphatic hydroxyl groups excluding tert-OH is 1. The second-order valence-electron chi connectivity index (χ2n) is 11.3. The first kappa shape index (κ1) is 23.3. The number of likely N-dealkylation sites (tertiary alicyclic amines) is 1. The Balaban J connectivity index is 1.40. The van der Waals surface area contributed by atoms with Gasteiger partial charge in [0.15, 0.2) is 0 Å². The van der Waals surface area contributed by atoms with E-state index in [9.17, 15) is 10.2 Å². The zero-order valence-corrected chi connectivity index (χ0v) is 20.0. The van der Waals surface area contributed by atoms with Crippen molar-refractivity contribution in [1.29, 1.82) is 0 Å². The first-order valence-corrected chi connectivity index (χ1v) is 13.1. The molecule has 2 N–H and O–H groups in total. The molecule has 1 saturated heterocycles. The van der Waals surface area contributed by atoms with Gasteiger partial charge in [-0.05, 0) is 119 Å². The molecule has 0 amide bonds. The lowest BCUT2D eigenvalue weighted by molar-refractivity contribution is -0.0360. The van der Waals surface area contributed by atoms with Gasteiger partial charge in [-0.1, -0.05) is 38.2 Å². The number of piperidine rings is 1. The van der Waals surface area contributed by atoms with Crippen LogP contribution in [-0.2, 0) is 0 Å². The fourth-order valence-corrected chi connectivity index (χ4v) is 7.28. The number of aliphatic hydroxyl groups is 2. The molecule has 1 aliphatic heterocycles. The molecule has 0 aromatic heterocycles. The number of rotatable bonds is 5. The Morgan fingerprint density at radius 1 is 1.10 bits per heavy atom. The molecule has 4 aliphatic rings. The molecule has 3 heteroatoms. The summed E-state index contributed by atoms with van der Waals surface area (Å²) in [5.41, 5.74) is 3.84. The number of fused-ring (bicyclic) bond motifs is 1. The van der Waals surface area contributed by atoms with Crippen LogP contribution in [0.2, 0.25) is 0 Å². The van der Waals surface area contributed by atoms with Crippen molar-refractivity contribution in [3.8, 4) is 0 Å². The molecule has 1 heterocycles. The molecule has 4 fully saturated rings. The minimum Gasteiger partial charge on any atom is -0.389 e. The SMILES string of the molecule is C=C1/C(=C\C=C2/CCCC3(C)C(CCN4CCCC(O)(CC)C4)CCC23)CCCC1O. The van der Waals surface area contributed by atoms with Crippen LogP contribution in [0.5, 0.6) is 0 Å². The molecule has 0 aromatic rings. The van der Waals surface area contributed by atoms with E-state index in [0.717, 1.165) is 75.6 Å². The largest absolute Gasteiger partial charge is 0.389 e. The van der Waals surface area contributed by atoms with Gasteiger partial charge in [0.05, 0.1) is 11.7 Å². The lowest BCUT2D eigenvalue weighted by Crippen LogP contribution is -2.48. The smallest absolute Gasteiger partial charge is 0.0787 e. The van der Waals surface area contributed by atoms with Crippen molar-refractivity contribution in [1.82, 2.24) is 4.90 Å². The van der Waals surface area contributed by atoms with Gasteiger partial charge in [0.25, 0.3) is 0 Å². The highest BCUT2D eigenvalue weighted by molar-refractivity contribution is 5.37. The Morgan fingerprint density at radius 3 is 2.74 bits per heavy atom. The van der Waals surface area contributed by atoms with E-state index in [1.807, 2.05) is 0 Å². The summed E-state index contributed by atoms with van der Waals surface area (Å²) < 4.78 is 0. The van der Waals surface area contributed by atoms with Gasteiger partial charge >= 0.3 is 0 Å². The van der Waals surface area contributed by atoms with Crippen molar-refractivity contribution in [3.63, 3.8) is 0 Å². The predicted octanol–water partition coefficient (Wildman–Crippen LogP) is 5.78. The van der Waals surface area contributed by atoms with Gasteiger partial charge < -0.3 is 15.1 Å². The summed E-state index contributed by atoms with van der Waals surface area (Å²) in [6.07, 6.45) is 18.2. The molecule has 174 valence electrons. The van der Waals surface area contributed by atoms with Crippen LogP contribution in [0.25, 0.3) is 0 Å². The van der Waals surface area contributed by atoms with Gasteiger partial charge in [-0.15, -0.1) is 0 Å². The van der Waals surface area contributed by atoms with Crippen molar-refractivity contribution < 1.29 is 10.2 Å². The Labute approximate surface area is 190 Å². The van der Waals surface area contributed by atoms with Gasteiger partial charge in [0.1, 0.15) is 0 Å². The van der Waals surface area contributed by atoms with Crippen molar-refractivity contribution in [3.05, 3.63) is 35.5 Å². The second kappa shape index (κ2) is 9.53. The van der Waals surface area contributed by atoms with Crippen LogP contribution in [0.1, 0.15) is 90.9 Å². The molecule has 3 aliphatic carbocycles. The zero-order valence-electron chi connectivity index (χ0n) is 20.0. The molecule has 31 heavy (non-hydrogen) atoms. The van der Waals surface area contributed by atoms with Crippen molar-refractivity contribution in [2.75, 3.05) is 19.6 Å². The minimum absolute atomic E-state index is 0.342. The Bertz CT molecular complexity index is 725. The van der Waals surface area contributed by atoms with E-state index in [4.69, 9.17) is 0 Å². The third kappa shape index (κ3) is 4.89. The Morgan fingerprint density at radius 2 is 1.94 bits per heavy atom. The van der Waals surface area contributed by atoms with E-state index in [1.165, 1.54) is 44.1 Å². The van der Waals surface area contributed by atoms with E-state index in [1.54, 1.807) is 5.57 Å². The molecule has 0 radical (unpaired) electrons. The number of β-amino-alcohol motifs (C(OH)–C–C–N with tert-alkyl or cyclic N) is 1. The molecule has 4 rings (SSSR count). The van der Waals surface area contributed by atoms with E-state index >= 15 is 0 Å². The van der Waals surface area contributed by atoms with Crippen molar-refractivity contribution in [2.45, 2.75) is 103 Å². The summed E-state index contributed by atoms with van der Waals surface area (Å²) in [5.74, 6) is 1.52. The maximum Gasteiger partial charge on any atom is 0.0787 e. The number of hydrogen-bond acceptors (Lipinski definition) is 3. The predicted molar refractivity (Wildman–Crippen MR) is 129 cm³/mol. The Kier molecular flexibility index (Phi) is 7.15. The third-order valence-corrected chi connectivity index (χ3v) is 9.48. The molecule has 0 bridgehead atoms. The summed E-state index contributed by atoms with van der Waals surface area (Å²) in [5, 5.41) is 20.9. The van der Waals surface area contributed by atoms with Gasteiger partial charge in [0.2, 0.25) is 0 Å². The monoisotopic (exact) mass is 427 g/mol. The standard InChI is InChI=1S/C28H45NO2/c1-4-28(31)17-7-18-29(20-28)19-15-24-13-14-25-23(9-6-16-27(24,25)3)12-11-22-8-5-10-26(30)21(22)2/h11-12,24-26,30-31H,2,4-10,13-20H2,1,3H3/b22-11-,23-12+. The maximum absolute atomic E-state index is 10.7. The minimum atomic E-state index is -0.453. The van der Waals surface area contributed by atoms with Crippen LogP contribution in [-0.4, -0.2) is 46.5 Å². The fourth-order valence-electron chi connectivity index (χ4n) is 7.28. The first-order chi connectivity index (χ1) is 14.8. The van der Waals surface area contributed by atoms with E-state index < -0.39 is 5.60 Å². The van der Waals surface area contributed by atoms with Crippen LogP contribution < -0.4 is 0 Å². The Hall–Kier alpha value is -0.900. The second-order valence-corrected chi connectivity index (χ2v) is 11.3. The van der Waals surface area contributed by atoms with Gasteiger partial charge in [-0.25, -0.2) is 0 Å². The van der Waals surface area contributed by atoms with Crippen LogP contribution in [0.3, 0.4) is 0 Å². The molecular formula is C28H45NO2. The molecule has 5 atom stereocenters. The van der Waals surface area contributed by atoms with Crippen molar-refractivity contribution >= 4 is 0 Å². The molecule has 3 nitrogen and oxygen atoms in total. The molecule has 5 unspecified atom stereocenters. The van der Waals surface area contributed by atoms with Crippen LogP contribution in [0.15, 0.2) is 35.5 Å². The van der Waals surface area contributed by atoms with Crippen LogP contribution in [0.4, 0.5) is 0 Å². The number of hydrogen-bond donors (Lipinski definition) is 2. The van der Waals surface area contributed by atoms with Gasteiger partial charge in [-0.3, -0.25) is 0 Å². The van der Waals surface area contributed by atoms with Crippen LogP contribution in [0, 0.1) is 17.3 Å². The summed E-state index contributed by atoms with van der Waals surface area (Å²) in [6.45, 7) is 12.0. The molecule has 0 spiro atoms. The topological polar surface area (TPSA) is 43.7 Å². The maximum atomic E-state index is 10.7. The average Bonchev–Trinajstić information content (AvgIpc) is 3.10. The first-order valence-electron chi connectivity index (χ1n) is 13.1. The average molecular weight is 428 g/mol. The third-order valence-electron chi connectivity index (χ3n) is 9.48. The van der Waals surface area contributed by atoms with Gasteiger partial charge in [-0.2, -0.15) is 0 Å². The molecular weight excluding hydrogens is 382 g/mol. The van der Waals surface area contributed by atoms with Crippen molar-refractivity contribution in [2.24, 2.45) is 17.3 Å². The number of nitrogens with zero attached hydrogens (tertiary/aromatic N) is 1. The molecule has 0 aromatic carbocycles. The summed E-state index contributed by atoms with van der Waals surface area (Å²) in [6, 6.07) is 0. The van der Waals surface area contributed by atoms with E-state index in [2.05, 4.69) is 37.5 Å². The normalized spacial score (nSPS) is 42.3. The fraction of sp³-hybridized carbons (Fsp3) is 0.786. The highest BCUT2D eigenvalue weighted by atomic mass is 16.3. The van der Waals surface area contributed by atoms with Gasteiger partial charge in [0, 0.05) is 6.54 Å². The lowest BCUT2D eigenvalue weighted by Gasteiger charge is -2.44. The highest BCUT2D eigenvalue weighted by Crippen LogP contribution is 2.58. The quantitative estimate of drug-likeness (QED) is 0.584. The van der Waals surface area contributed by atoms with Crippen LogP contribution >= 0.6 is 0 Å². The van der Waals surface area contributed by atoms with E-state index in [-0.39, 0.29) is 6.10 Å². The summed E-state index contributed by atoms with van der Waals surface area (Å²) >= 11 is 0. The lowest BCUT2D eigenvalue weighted by atomic mass is 9.63.